The summed E-state index contributed by atoms with van der Waals surface area (Å²) in [6.07, 6.45) is 4.94. The third kappa shape index (κ3) is 4.44. The number of aryl methyl sites for hydroxylation is 1. The summed E-state index contributed by atoms with van der Waals surface area (Å²) in [4.78, 5) is 2.44. The molecule has 0 bridgehead atoms. The molecule has 23 heavy (non-hydrogen) atoms. The number of rotatable bonds is 8. The summed E-state index contributed by atoms with van der Waals surface area (Å²) in [5, 5.41) is 7.97. The lowest BCUT2D eigenvalue weighted by molar-refractivity contribution is 0.138. The van der Waals surface area contributed by atoms with Crippen LogP contribution in [0.2, 0.25) is 0 Å². The molecule has 0 aromatic carbocycles. The number of hydrogen-bond acceptors (Lipinski definition) is 6. The van der Waals surface area contributed by atoms with Gasteiger partial charge in [0.1, 0.15) is 6.10 Å². The van der Waals surface area contributed by atoms with Gasteiger partial charge in [-0.2, -0.15) is 5.10 Å². The van der Waals surface area contributed by atoms with Gasteiger partial charge in [0.05, 0.1) is 38.3 Å². The summed E-state index contributed by atoms with van der Waals surface area (Å²) in [7, 11) is 1.75. The van der Waals surface area contributed by atoms with E-state index in [2.05, 4.69) is 22.2 Å². The van der Waals surface area contributed by atoms with Crippen LogP contribution < -0.4 is 10.1 Å². The quantitative estimate of drug-likeness (QED) is 0.745. The van der Waals surface area contributed by atoms with Crippen LogP contribution in [0.3, 0.4) is 0 Å². The zero-order valence-electron chi connectivity index (χ0n) is 14.1. The second-order valence-corrected chi connectivity index (χ2v) is 6.28. The molecular formula is C16H28N4O3. The average molecular weight is 324 g/mol. The predicted molar refractivity (Wildman–Crippen MR) is 86.8 cm³/mol. The zero-order chi connectivity index (χ0) is 16.1. The first-order chi connectivity index (χ1) is 11.3. The molecule has 3 atom stereocenters. The van der Waals surface area contributed by atoms with Gasteiger partial charge in [0.2, 0.25) is 0 Å². The van der Waals surface area contributed by atoms with E-state index in [-0.39, 0.29) is 12.1 Å². The van der Waals surface area contributed by atoms with E-state index in [4.69, 9.17) is 14.2 Å². The first-order valence-corrected chi connectivity index (χ1v) is 8.52. The highest BCUT2D eigenvalue weighted by molar-refractivity contribution is 5.13. The van der Waals surface area contributed by atoms with Crippen molar-refractivity contribution < 1.29 is 14.2 Å². The molecule has 2 aliphatic heterocycles. The minimum Gasteiger partial charge on any atom is -0.483 e. The first-order valence-electron chi connectivity index (χ1n) is 8.52. The molecule has 130 valence electrons. The highest BCUT2D eigenvalue weighted by Crippen LogP contribution is 2.18. The van der Waals surface area contributed by atoms with Crippen LogP contribution in [0.1, 0.15) is 13.3 Å². The van der Waals surface area contributed by atoms with E-state index in [1.165, 1.54) is 6.42 Å². The number of nitrogens with zero attached hydrogens (tertiary/aromatic N) is 3. The minimum absolute atomic E-state index is 0.0533. The van der Waals surface area contributed by atoms with Gasteiger partial charge in [-0.25, -0.2) is 0 Å². The molecule has 1 aromatic rings. The van der Waals surface area contributed by atoms with Crippen molar-refractivity contribution >= 4 is 0 Å². The van der Waals surface area contributed by atoms with Gasteiger partial charge in [0.25, 0.3) is 0 Å². The van der Waals surface area contributed by atoms with Crippen molar-refractivity contribution in [2.24, 2.45) is 0 Å². The van der Waals surface area contributed by atoms with Gasteiger partial charge in [0.15, 0.2) is 5.75 Å². The number of likely N-dealkylation sites (tertiary alicyclic amines) is 1. The summed E-state index contributed by atoms with van der Waals surface area (Å²) in [5.74, 6) is 0.822. The summed E-state index contributed by atoms with van der Waals surface area (Å²) in [5.41, 5.74) is 0. The molecule has 2 saturated heterocycles. The Bertz CT molecular complexity index is 482. The lowest BCUT2D eigenvalue weighted by Gasteiger charge is -2.23. The fourth-order valence-electron chi connectivity index (χ4n) is 3.25. The van der Waals surface area contributed by atoms with Crippen LogP contribution in [0.5, 0.6) is 5.75 Å². The van der Waals surface area contributed by atoms with Crippen LogP contribution in [0.4, 0.5) is 0 Å². The molecule has 1 unspecified atom stereocenters. The molecule has 1 N–H and O–H groups in total. The number of aromatic nitrogens is 2. The van der Waals surface area contributed by atoms with Crippen molar-refractivity contribution in [3.05, 3.63) is 12.4 Å². The van der Waals surface area contributed by atoms with E-state index < -0.39 is 0 Å². The number of nitrogens with one attached hydrogen (secondary N) is 1. The Balaban J connectivity index is 1.47. The van der Waals surface area contributed by atoms with Crippen LogP contribution in [0.15, 0.2) is 12.4 Å². The van der Waals surface area contributed by atoms with Crippen LogP contribution in [-0.2, 0) is 16.0 Å². The van der Waals surface area contributed by atoms with Crippen molar-refractivity contribution in [2.75, 3.05) is 46.6 Å². The molecule has 0 spiro atoms. The van der Waals surface area contributed by atoms with E-state index in [9.17, 15) is 0 Å². The number of hydrogen-bond donors (Lipinski definition) is 1. The molecule has 0 aliphatic carbocycles. The van der Waals surface area contributed by atoms with Gasteiger partial charge in [-0.1, -0.05) is 0 Å². The predicted octanol–water partition coefficient (Wildman–Crippen LogP) is 0.360. The van der Waals surface area contributed by atoms with Crippen molar-refractivity contribution in [2.45, 2.75) is 38.1 Å². The van der Waals surface area contributed by atoms with Gasteiger partial charge < -0.3 is 19.5 Å². The summed E-state index contributed by atoms with van der Waals surface area (Å²) in [6.45, 7) is 8.26. The summed E-state index contributed by atoms with van der Waals surface area (Å²) in [6, 6.07) is 0.746. The van der Waals surface area contributed by atoms with Crippen molar-refractivity contribution in [1.82, 2.24) is 20.0 Å². The Labute approximate surface area is 137 Å². The lowest BCUT2D eigenvalue weighted by Crippen LogP contribution is -2.48. The lowest BCUT2D eigenvalue weighted by atomic mass is 10.1. The SMILES string of the molecule is CCn1cc(O[C@@H]2COC[C@@H]2NC2CCN(CCOC)C2)cn1. The monoisotopic (exact) mass is 324 g/mol. The van der Waals surface area contributed by atoms with E-state index in [0.29, 0.717) is 19.3 Å². The van der Waals surface area contributed by atoms with Crippen molar-refractivity contribution in [1.29, 1.82) is 0 Å². The standard InChI is InChI=1S/C16H28N4O3/c1-3-20-10-14(8-17-20)23-16-12-22-11-15(16)18-13-4-5-19(9-13)6-7-21-2/h8,10,13,15-16,18H,3-7,9,11-12H2,1-2H3/t13?,15-,16+/m0/s1. The Kier molecular flexibility index (Phi) is 5.88. The molecule has 7 heteroatoms. The van der Waals surface area contributed by atoms with Gasteiger partial charge >= 0.3 is 0 Å². The maximum absolute atomic E-state index is 6.07. The van der Waals surface area contributed by atoms with Crippen LogP contribution >= 0.6 is 0 Å². The Morgan fingerprint density at radius 3 is 3.13 bits per heavy atom. The molecule has 3 rings (SSSR count). The second-order valence-electron chi connectivity index (χ2n) is 6.28. The maximum atomic E-state index is 6.07. The summed E-state index contributed by atoms with van der Waals surface area (Å²) < 4.78 is 18.7. The second kappa shape index (κ2) is 8.10. The molecule has 0 saturated carbocycles. The zero-order valence-corrected chi connectivity index (χ0v) is 14.1. The number of methoxy groups -OCH3 is 1. The van der Waals surface area contributed by atoms with Crippen LogP contribution in [-0.4, -0.2) is 79.4 Å². The molecular weight excluding hydrogens is 296 g/mol. The minimum atomic E-state index is 0.0533. The maximum Gasteiger partial charge on any atom is 0.157 e. The fourth-order valence-corrected chi connectivity index (χ4v) is 3.25. The van der Waals surface area contributed by atoms with E-state index in [1.807, 2.05) is 10.9 Å². The van der Waals surface area contributed by atoms with Gasteiger partial charge in [-0.15, -0.1) is 0 Å². The fraction of sp³-hybridized carbons (Fsp3) is 0.812. The van der Waals surface area contributed by atoms with Gasteiger partial charge in [-0.05, 0) is 19.9 Å². The molecule has 2 fully saturated rings. The first kappa shape index (κ1) is 16.7. The average Bonchev–Trinajstić information content (AvgIpc) is 3.28. The van der Waals surface area contributed by atoms with Crippen LogP contribution in [0, 0.1) is 0 Å². The van der Waals surface area contributed by atoms with E-state index >= 15 is 0 Å². The smallest absolute Gasteiger partial charge is 0.157 e. The largest absolute Gasteiger partial charge is 0.483 e. The molecule has 0 radical (unpaired) electrons. The van der Waals surface area contributed by atoms with Crippen molar-refractivity contribution in [3.8, 4) is 5.75 Å². The molecule has 1 aromatic heterocycles. The van der Waals surface area contributed by atoms with Gasteiger partial charge in [0, 0.05) is 32.8 Å². The highest BCUT2D eigenvalue weighted by atomic mass is 16.5. The Hall–Kier alpha value is -1.15. The molecule has 3 heterocycles. The molecule has 0 amide bonds. The third-order valence-corrected chi connectivity index (χ3v) is 4.58. The van der Waals surface area contributed by atoms with Crippen LogP contribution in [0.25, 0.3) is 0 Å². The highest BCUT2D eigenvalue weighted by Gasteiger charge is 2.33. The molecule has 2 aliphatic rings. The summed E-state index contributed by atoms with van der Waals surface area (Å²) >= 11 is 0. The van der Waals surface area contributed by atoms with Crippen molar-refractivity contribution in [3.63, 3.8) is 0 Å². The topological polar surface area (TPSA) is 60.8 Å². The van der Waals surface area contributed by atoms with E-state index in [0.717, 1.165) is 38.5 Å². The molecule has 7 nitrogen and oxygen atoms in total. The Morgan fingerprint density at radius 1 is 1.43 bits per heavy atom. The normalized spacial score (nSPS) is 28.5. The third-order valence-electron chi connectivity index (χ3n) is 4.58. The van der Waals surface area contributed by atoms with E-state index in [1.54, 1.807) is 13.3 Å². The van der Waals surface area contributed by atoms with Gasteiger partial charge in [-0.3, -0.25) is 9.58 Å². The number of ether oxygens (including phenoxy) is 3. The Morgan fingerprint density at radius 2 is 2.35 bits per heavy atom.